The highest BCUT2D eigenvalue weighted by atomic mass is 35.5. The summed E-state index contributed by atoms with van der Waals surface area (Å²) in [5, 5.41) is 3.55. The molecule has 1 saturated heterocycles. The van der Waals surface area contributed by atoms with Gasteiger partial charge in [-0.25, -0.2) is 8.42 Å². The minimum atomic E-state index is -3.51. The van der Waals surface area contributed by atoms with E-state index in [0.29, 0.717) is 43.7 Å². The van der Waals surface area contributed by atoms with Crippen LogP contribution >= 0.6 is 11.6 Å². The molecule has 0 radical (unpaired) electrons. The topological polar surface area (TPSA) is 69.7 Å². The van der Waals surface area contributed by atoms with Crippen LogP contribution in [0.25, 0.3) is 0 Å². The highest BCUT2D eigenvalue weighted by molar-refractivity contribution is 7.89. The van der Waals surface area contributed by atoms with Gasteiger partial charge in [0.2, 0.25) is 15.9 Å². The normalized spacial score (nSPS) is 21.0. The number of hydrogen-bond donors (Lipinski definition) is 1. The number of sulfonamides is 1. The molecule has 1 unspecified atom stereocenters. The van der Waals surface area contributed by atoms with Crippen molar-refractivity contribution in [1.29, 1.82) is 0 Å². The highest BCUT2D eigenvalue weighted by Gasteiger charge is 2.31. The molecule has 1 aromatic rings. The second-order valence-corrected chi connectivity index (χ2v) is 9.20. The fraction of sp³-hybridized carbons (Fsp3) is 0.588. The summed E-state index contributed by atoms with van der Waals surface area (Å²) in [6, 6.07) is 6.44. The van der Waals surface area contributed by atoms with E-state index in [1.54, 1.807) is 12.1 Å². The maximum Gasteiger partial charge on any atom is 0.243 e. The Morgan fingerprint density at radius 1 is 1.20 bits per heavy atom. The van der Waals surface area contributed by atoms with Crippen molar-refractivity contribution in [2.75, 3.05) is 32.7 Å². The van der Waals surface area contributed by atoms with Crippen LogP contribution in [0, 0.1) is 5.92 Å². The molecule has 2 fully saturated rings. The SMILES string of the molecule is CC(NC(=O)CN1CCN(S(=O)(=O)c2ccc(Cl)cc2)CC1)C1CC1. The molecule has 8 heteroatoms. The summed E-state index contributed by atoms with van der Waals surface area (Å²) in [6.07, 6.45) is 2.39. The number of halogens is 1. The second-order valence-electron chi connectivity index (χ2n) is 6.83. The lowest BCUT2D eigenvalue weighted by Gasteiger charge is -2.33. The van der Waals surface area contributed by atoms with E-state index in [-0.39, 0.29) is 16.8 Å². The monoisotopic (exact) mass is 385 g/mol. The zero-order chi connectivity index (χ0) is 18.0. The van der Waals surface area contributed by atoms with Gasteiger partial charge in [0.05, 0.1) is 11.4 Å². The van der Waals surface area contributed by atoms with E-state index in [2.05, 4.69) is 5.32 Å². The van der Waals surface area contributed by atoms with Crippen molar-refractivity contribution < 1.29 is 13.2 Å². The maximum atomic E-state index is 12.6. The van der Waals surface area contributed by atoms with Crippen LogP contribution in [-0.2, 0) is 14.8 Å². The standard InChI is InChI=1S/C17H24ClN3O3S/c1-13(14-2-3-14)19-17(22)12-20-8-10-21(11-9-20)25(23,24)16-6-4-15(18)5-7-16/h4-7,13-14H,2-3,8-12H2,1H3,(H,19,22). The Morgan fingerprint density at radius 2 is 1.80 bits per heavy atom. The van der Waals surface area contributed by atoms with Gasteiger partial charge in [0, 0.05) is 37.2 Å². The summed E-state index contributed by atoms with van der Waals surface area (Å²) in [5.41, 5.74) is 0. The first-order valence-electron chi connectivity index (χ1n) is 8.64. The van der Waals surface area contributed by atoms with Crippen LogP contribution in [0.3, 0.4) is 0 Å². The minimum Gasteiger partial charge on any atom is -0.352 e. The summed E-state index contributed by atoms with van der Waals surface area (Å²) in [6.45, 7) is 4.25. The summed E-state index contributed by atoms with van der Waals surface area (Å²) in [7, 11) is -3.51. The van der Waals surface area contributed by atoms with Crippen molar-refractivity contribution in [3.63, 3.8) is 0 Å². The predicted molar refractivity (Wildman–Crippen MR) is 97.0 cm³/mol. The van der Waals surface area contributed by atoms with E-state index in [1.807, 2.05) is 11.8 Å². The molecule has 0 spiro atoms. The molecule has 25 heavy (non-hydrogen) atoms. The molecule has 1 aliphatic carbocycles. The van der Waals surface area contributed by atoms with Gasteiger partial charge in [-0.15, -0.1) is 0 Å². The molecule has 1 heterocycles. The molecule has 0 aromatic heterocycles. The van der Waals surface area contributed by atoms with E-state index in [9.17, 15) is 13.2 Å². The quantitative estimate of drug-likeness (QED) is 0.806. The molecule has 1 aliphatic heterocycles. The zero-order valence-electron chi connectivity index (χ0n) is 14.3. The van der Waals surface area contributed by atoms with Crippen molar-refractivity contribution in [1.82, 2.24) is 14.5 Å². The average molecular weight is 386 g/mol. The van der Waals surface area contributed by atoms with Crippen molar-refractivity contribution in [3.05, 3.63) is 29.3 Å². The first-order valence-corrected chi connectivity index (χ1v) is 10.5. The largest absolute Gasteiger partial charge is 0.352 e. The molecule has 3 rings (SSSR count). The molecule has 1 atom stereocenters. The Balaban J connectivity index is 1.50. The minimum absolute atomic E-state index is 0.0217. The fourth-order valence-corrected chi connectivity index (χ4v) is 4.65. The van der Waals surface area contributed by atoms with Crippen LogP contribution < -0.4 is 5.32 Å². The van der Waals surface area contributed by atoms with E-state index >= 15 is 0 Å². The zero-order valence-corrected chi connectivity index (χ0v) is 15.9. The van der Waals surface area contributed by atoms with Gasteiger partial charge < -0.3 is 5.32 Å². The number of amides is 1. The predicted octanol–water partition coefficient (Wildman–Crippen LogP) is 1.56. The lowest BCUT2D eigenvalue weighted by atomic mass is 10.2. The van der Waals surface area contributed by atoms with Gasteiger partial charge >= 0.3 is 0 Å². The molecule has 0 bridgehead atoms. The second kappa shape index (κ2) is 7.61. The number of rotatable bonds is 6. The van der Waals surface area contributed by atoms with Gasteiger partial charge in [-0.1, -0.05) is 11.6 Å². The number of carbonyl (C=O) groups is 1. The summed E-state index contributed by atoms with van der Waals surface area (Å²) in [5.74, 6) is 0.652. The highest BCUT2D eigenvalue weighted by Crippen LogP contribution is 2.32. The Bertz CT molecular complexity index is 711. The van der Waals surface area contributed by atoms with Crippen LogP contribution in [0.4, 0.5) is 0 Å². The third-order valence-corrected chi connectivity index (χ3v) is 7.03. The lowest BCUT2D eigenvalue weighted by Crippen LogP contribution is -2.51. The lowest BCUT2D eigenvalue weighted by molar-refractivity contribution is -0.123. The molecule has 2 aliphatic rings. The van der Waals surface area contributed by atoms with Crippen molar-refractivity contribution >= 4 is 27.5 Å². The van der Waals surface area contributed by atoms with E-state index < -0.39 is 10.0 Å². The number of carbonyl (C=O) groups excluding carboxylic acids is 1. The van der Waals surface area contributed by atoms with Crippen LogP contribution in [0.15, 0.2) is 29.2 Å². The van der Waals surface area contributed by atoms with E-state index in [0.717, 1.165) is 0 Å². The third kappa shape index (κ3) is 4.73. The van der Waals surface area contributed by atoms with Crippen LogP contribution in [-0.4, -0.2) is 62.3 Å². The van der Waals surface area contributed by atoms with Crippen LogP contribution in [0.5, 0.6) is 0 Å². The molecule has 6 nitrogen and oxygen atoms in total. The van der Waals surface area contributed by atoms with Crippen molar-refractivity contribution in [2.45, 2.75) is 30.7 Å². The van der Waals surface area contributed by atoms with Crippen LogP contribution in [0.1, 0.15) is 19.8 Å². The maximum absolute atomic E-state index is 12.6. The van der Waals surface area contributed by atoms with Gasteiger partial charge in [0.15, 0.2) is 0 Å². The number of benzene rings is 1. The van der Waals surface area contributed by atoms with Crippen LogP contribution in [0.2, 0.25) is 5.02 Å². The van der Waals surface area contributed by atoms with Gasteiger partial charge in [-0.3, -0.25) is 9.69 Å². The smallest absolute Gasteiger partial charge is 0.243 e. The molecule has 1 aromatic carbocycles. The van der Waals surface area contributed by atoms with Crippen molar-refractivity contribution in [2.24, 2.45) is 5.92 Å². The van der Waals surface area contributed by atoms with E-state index in [4.69, 9.17) is 11.6 Å². The molecular weight excluding hydrogens is 362 g/mol. The molecule has 1 N–H and O–H groups in total. The van der Waals surface area contributed by atoms with Crippen molar-refractivity contribution in [3.8, 4) is 0 Å². The van der Waals surface area contributed by atoms with Gasteiger partial charge in [-0.05, 0) is 49.9 Å². The first-order chi connectivity index (χ1) is 11.9. The Morgan fingerprint density at radius 3 is 2.36 bits per heavy atom. The third-order valence-electron chi connectivity index (χ3n) is 4.87. The molecule has 138 valence electrons. The first kappa shape index (κ1) is 18.6. The molecule has 1 amide bonds. The summed E-state index contributed by atoms with van der Waals surface area (Å²) in [4.78, 5) is 14.3. The molecular formula is C17H24ClN3O3S. The number of nitrogens with zero attached hydrogens (tertiary/aromatic N) is 2. The van der Waals surface area contributed by atoms with Gasteiger partial charge in [0.25, 0.3) is 0 Å². The Kier molecular flexibility index (Phi) is 5.68. The number of nitrogens with one attached hydrogen (secondary N) is 1. The average Bonchev–Trinajstić information content (AvgIpc) is 3.40. The fourth-order valence-electron chi connectivity index (χ4n) is 3.10. The molecule has 1 saturated carbocycles. The number of piperazine rings is 1. The van der Waals surface area contributed by atoms with E-state index in [1.165, 1.54) is 29.3 Å². The summed E-state index contributed by atoms with van der Waals surface area (Å²) < 4.78 is 26.7. The summed E-state index contributed by atoms with van der Waals surface area (Å²) >= 11 is 5.82. The Labute approximate surface area is 154 Å². The number of hydrogen-bond acceptors (Lipinski definition) is 4. The van der Waals surface area contributed by atoms with Gasteiger partial charge in [-0.2, -0.15) is 4.31 Å². The Hall–Kier alpha value is -1.15. The van der Waals surface area contributed by atoms with Gasteiger partial charge in [0.1, 0.15) is 0 Å².